The number of carbonyl (C=O) groups is 2. The smallest absolute Gasteiger partial charge is 0.435 e. The second kappa shape index (κ2) is 9.67. The first-order chi connectivity index (χ1) is 18.7. The van der Waals surface area contributed by atoms with Crippen molar-refractivity contribution in [2.45, 2.75) is 83.5 Å². The monoisotopic (exact) mass is 525 g/mol. The summed E-state index contributed by atoms with van der Waals surface area (Å²) < 4.78 is 8.81. The van der Waals surface area contributed by atoms with E-state index in [1.54, 1.807) is 6.20 Å². The molecule has 2 aliphatic rings. The van der Waals surface area contributed by atoms with Gasteiger partial charge in [0.1, 0.15) is 5.60 Å². The Balaban J connectivity index is 1.27. The number of hydrogen-bond donors (Lipinski definition) is 0. The van der Waals surface area contributed by atoms with E-state index >= 15 is 0 Å². The molecule has 2 heterocycles. The number of carbonyl (C=O) groups excluding carboxylic acids is 2. The summed E-state index contributed by atoms with van der Waals surface area (Å²) in [7, 11) is 0. The van der Waals surface area contributed by atoms with Crippen molar-refractivity contribution >= 4 is 22.9 Å². The van der Waals surface area contributed by atoms with Gasteiger partial charge in [-0.3, -0.25) is 9.48 Å². The van der Waals surface area contributed by atoms with E-state index in [4.69, 9.17) is 9.84 Å². The number of amides is 1. The van der Waals surface area contributed by atoms with Crippen LogP contribution in [-0.2, 0) is 17.6 Å². The Morgan fingerprint density at radius 2 is 1.79 bits per heavy atom. The van der Waals surface area contributed by atoms with E-state index < -0.39 is 11.7 Å². The molecule has 2 aromatic heterocycles. The second-order valence-corrected chi connectivity index (χ2v) is 11.8. The quantitative estimate of drug-likeness (QED) is 0.330. The van der Waals surface area contributed by atoms with Crippen molar-refractivity contribution in [1.29, 1.82) is 0 Å². The van der Waals surface area contributed by atoms with Crippen LogP contribution in [0.5, 0.6) is 0 Å². The molecule has 2 aromatic carbocycles. The maximum absolute atomic E-state index is 14.2. The van der Waals surface area contributed by atoms with E-state index in [0.29, 0.717) is 12.0 Å². The second-order valence-electron chi connectivity index (χ2n) is 11.8. The maximum atomic E-state index is 14.2. The van der Waals surface area contributed by atoms with Gasteiger partial charge in [0.2, 0.25) is 0 Å². The summed E-state index contributed by atoms with van der Waals surface area (Å²) in [4.78, 5) is 28.8. The van der Waals surface area contributed by atoms with Gasteiger partial charge in [0.25, 0.3) is 5.91 Å². The van der Waals surface area contributed by atoms with Gasteiger partial charge in [-0.05, 0) is 83.1 Å². The van der Waals surface area contributed by atoms with Gasteiger partial charge in [-0.25, -0.2) is 4.79 Å². The van der Waals surface area contributed by atoms with Crippen molar-refractivity contribution in [3.8, 4) is 0 Å². The first-order valence-corrected chi connectivity index (χ1v) is 13.8. The molecule has 1 amide bonds. The van der Waals surface area contributed by atoms with Crippen LogP contribution in [0.2, 0.25) is 0 Å². The Morgan fingerprint density at radius 1 is 1.03 bits per heavy atom. The molecule has 1 saturated carbocycles. The van der Waals surface area contributed by atoms with Gasteiger partial charge >= 0.3 is 6.09 Å². The van der Waals surface area contributed by atoms with Crippen LogP contribution in [0.25, 0.3) is 10.9 Å². The van der Waals surface area contributed by atoms with Crippen LogP contribution in [0, 0.1) is 0 Å². The molecule has 0 bridgehead atoms. The fourth-order valence-corrected chi connectivity index (χ4v) is 5.69. The number of nitrogens with zero attached hydrogens (tertiary/aromatic N) is 5. The highest BCUT2D eigenvalue weighted by atomic mass is 16.6. The predicted octanol–water partition coefficient (Wildman–Crippen LogP) is 5.79. The molecule has 0 spiro atoms. The molecular formula is C31H35N5O3. The Bertz CT molecular complexity index is 1530. The highest BCUT2D eigenvalue weighted by molar-refractivity contribution is 6.06. The zero-order chi connectivity index (χ0) is 27.3. The molecular weight excluding hydrogens is 490 g/mol. The van der Waals surface area contributed by atoms with Crippen molar-refractivity contribution in [2.24, 2.45) is 0 Å². The van der Waals surface area contributed by atoms with E-state index in [1.165, 1.54) is 10.2 Å². The first-order valence-electron chi connectivity index (χ1n) is 13.8. The lowest BCUT2D eigenvalue weighted by Gasteiger charge is -2.34. The number of aromatic nitrogens is 4. The third-order valence-corrected chi connectivity index (χ3v) is 7.72. The molecule has 1 fully saturated rings. The molecule has 4 aromatic rings. The van der Waals surface area contributed by atoms with Crippen LogP contribution in [-0.4, -0.2) is 54.1 Å². The van der Waals surface area contributed by atoms with E-state index in [0.717, 1.165) is 47.8 Å². The van der Waals surface area contributed by atoms with Crippen molar-refractivity contribution < 1.29 is 14.3 Å². The van der Waals surface area contributed by atoms with E-state index in [9.17, 15) is 9.59 Å². The van der Waals surface area contributed by atoms with Gasteiger partial charge in [-0.2, -0.15) is 14.9 Å². The Labute approximate surface area is 228 Å². The van der Waals surface area contributed by atoms with Gasteiger partial charge in [0.15, 0.2) is 0 Å². The summed E-state index contributed by atoms with van der Waals surface area (Å²) in [5.74, 6) is 0.0583. The molecule has 6 rings (SSSR count). The minimum atomic E-state index is -0.588. The summed E-state index contributed by atoms with van der Waals surface area (Å²) in [6.45, 7) is 7.66. The number of hydrogen-bond acceptors (Lipinski definition) is 5. The summed E-state index contributed by atoms with van der Waals surface area (Å²) in [6.07, 6.45) is 7.40. The minimum Gasteiger partial charge on any atom is -0.442 e. The lowest BCUT2D eigenvalue weighted by Crippen LogP contribution is -2.44. The Hall–Kier alpha value is -3.94. The number of aryl methyl sites for hydroxylation is 1. The lowest BCUT2D eigenvalue weighted by molar-refractivity contribution is 0.0513. The van der Waals surface area contributed by atoms with Crippen molar-refractivity contribution in [3.05, 3.63) is 83.3 Å². The highest BCUT2D eigenvalue weighted by Gasteiger charge is 2.40. The van der Waals surface area contributed by atoms with Crippen molar-refractivity contribution in [2.75, 3.05) is 0 Å². The van der Waals surface area contributed by atoms with E-state index in [1.807, 2.05) is 68.0 Å². The Kier molecular flexibility index (Phi) is 6.28. The largest absolute Gasteiger partial charge is 0.442 e. The van der Waals surface area contributed by atoms with Crippen molar-refractivity contribution in [1.82, 2.24) is 24.5 Å². The standard InChI is InChI=1S/C31H35N5O3/c1-20(21-9-6-5-7-10-21)36-28-12-8-11-25(26(28)18-32-36)29(37)35(23-13-14-23)24-15-16-27-22(17-24)19-34(33-27)30(38)39-31(2,3)4/h5-12,18-20,23-24H,13-17H2,1-4H3. The van der Waals surface area contributed by atoms with Gasteiger partial charge in [-0.15, -0.1) is 0 Å². The molecule has 202 valence electrons. The average Bonchev–Trinajstić information content (AvgIpc) is 3.49. The van der Waals surface area contributed by atoms with Crippen molar-refractivity contribution in [3.63, 3.8) is 0 Å². The molecule has 8 heteroatoms. The Morgan fingerprint density at radius 3 is 2.51 bits per heavy atom. The zero-order valence-electron chi connectivity index (χ0n) is 23.0. The van der Waals surface area contributed by atoms with Gasteiger partial charge in [0, 0.05) is 23.7 Å². The van der Waals surface area contributed by atoms with Crippen LogP contribution >= 0.6 is 0 Å². The molecule has 2 atom stereocenters. The average molecular weight is 526 g/mol. The SMILES string of the molecule is CC(c1ccccc1)n1ncc2c(C(=O)N(C3CC3)C3CCc4nn(C(=O)OC(C)(C)C)cc4C3)cccc21. The lowest BCUT2D eigenvalue weighted by atomic mass is 9.91. The third kappa shape index (κ3) is 4.95. The number of benzene rings is 2. The molecule has 0 aliphatic heterocycles. The predicted molar refractivity (Wildman–Crippen MR) is 149 cm³/mol. The third-order valence-electron chi connectivity index (χ3n) is 7.72. The first kappa shape index (κ1) is 25.3. The number of fused-ring (bicyclic) bond motifs is 2. The van der Waals surface area contributed by atoms with Crippen LogP contribution < -0.4 is 0 Å². The maximum Gasteiger partial charge on any atom is 0.435 e. The van der Waals surface area contributed by atoms with E-state index in [-0.39, 0.29) is 24.0 Å². The minimum absolute atomic E-state index is 0.0480. The summed E-state index contributed by atoms with van der Waals surface area (Å²) >= 11 is 0. The number of ether oxygens (including phenoxy) is 1. The van der Waals surface area contributed by atoms with Gasteiger partial charge in [-0.1, -0.05) is 36.4 Å². The van der Waals surface area contributed by atoms with Crippen LogP contribution in [0.3, 0.4) is 0 Å². The molecule has 2 unspecified atom stereocenters. The molecule has 0 radical (unpaired) electrons. The summed E-state index contributed by atoms with van der Waals surface area (Å²) in [5, 5.41) is 10.1. The number of rotatable bonds is 5. The zero-order valence-corrected chi connectivity index (χ0v) is 23.0. The highest BCUT2D eigenvalue weighted by Crippen LogP contribution is 2.36. The fraction of sp³-hybridized carbons (Fsp3) is 0.419. The normalized spacial score (nSPS) is 18.0. The molecule has 0 N–H and O–H groups in total. The van der Waals surface area contributed by atoms with E-state index in [2.05, 4.69) is 29.1 Å². The van der Waals surface area contributed by atoms with Crippen LogP contribution in [0.15, 0.2) is 60.9 Å². The van der Waals surface area contributed by atoms with Gasteiger partial charge < -0.3 is 9.64 Å². The fourth-order valence-electron chi connectivity index (χ4n) is 5.69. The molecule has 2 aliphatic carbocycles. The summed E-state index contributed by atoms with van der Waals surface area (Å²) in [6, 6.07) is 16.6. The molecule has 8 nitrogen and oxygen atoms in total. The van der Waals surface area contributed by atoms with Gasteiger partial charge in [0.05, 0.1) is 29.0 Å². The topological polar surface area (TPSA) is 82.3 Å². The molecule has 39 heavy (non-hydrogen) atoms. The van der Waals surface area contributed by atoms with Crippen LogP contribution in [0.4, 0.5) is 4.79 Å². The molecule has 0 saturated heterocycles. The summed E-state index contributed by atoms with van der Waals surface area (Å²) in [5.41, 5.74) is 4.16. The van der Waals surface area contributed by atoms with Crippen LogP contribution in [0.1, 0.15) is 80.2 Å².